The zero-order valence-corrected chi connectivity index (χ0v) is 28.0. The number of fused-ring (bicyclic) bond motifs is 2. The number of hydrogen-bond donors (Lipinski definition) is 2. The van der Waals surface area contributed by atoms with E-state index in [0.29, 0.717) is 11.7 Å². The zero-order chi connectivity index (χ0) is 31.0. The molecule has 1 aliphatic heterocycles. The first-order valence-corrected chi connectivity index (χ1v) is 15.7. The first kappa shape index (κ1) is 32.6. The third kappa shape index (κ3) is 7.20. The van der Waals surface area contributed by atoms with Crippen LogP contribution in [0.15, 0.2) is 48.7 Å². The van der Waals surface area contributed by atoms with Crippen LogP contribution >= 0.6 is 12.4 Å². The minimum atomic E-state index is -0.247. The van der Waals surface area contributed by atoms with Crippen molar-refractivity contribution >= 4 is 35.9 Å². The molecule has 2 N–H and O–H groups in total. The second kappa shape index (κ2) is 13.3. The van der Waals surface area contributed by atoms with Gasteiger partial charge in [0.15, 0.2) is 5.65 Å². The Kier molecular flexibility index (Phi) is 9.60. The summed E-state index contributed by atoms with van der Waals surface area (Å²) in [4.78, 5) is 17.7. The molecule has 45 heavy (non-hydrogen) atoms. The molecule has 0 radical (unpaired) electrons. The maximum Gasteiger partial charge on any atom is 0.320 e. The van der Waals surface area contributed by atoms with Gasteiger partial charge in [0, 0.05) is 38.2 Å². The summed E-state index contributed by atoms with van der Waals surface area (Å²) in [5.41, 5.74) is 3.80. The van der Waals surface area contributed by atoms with Crippen molar-refractivity contribution in [2.75, 3.05) is 43.9 Å². The highest BCUT2D eigenvalue weighted by atomic mass is 35.5. The Morgan fingerprint density at radius 3 is 2.58 bits per heavy atom. The number of ether oxygens (including phenoxy) is 1. The molecule has 2 amide bonds. The standard InChI is InChI=1S/C33H45N9O2.ClH/c1-33(2,3)28-18-30(40(6)38-28)35-31(43)34-26-14-15-27(25-12-8-7-11-24(25)26)44-23-13-16-29-36-37-32(42(29)21-23)41-17-9-10-22(20-41)19-39(4)5;/h7-8,11-13,16,18,21-22,26-27H,9-10,14-15,17,19-20H2,1-6H3,(H2,34,35,43);1H/t22?,26-,27+;/m0./s1. The van der Waals surface area contributed by atoms with Crippen LogP contribution in [0.1, 0.15) is 75.4 Å². The highest BCUT2D eigenvalue weighted by Gasteiger charge is 2.30. The highest BCUT2D eigenvalue weighted by Crippen LogP contribution is 2.39. The Labute approximate surface area is 271 Å². The number of carbonyl (C=O) groups excluding carboxylic acids is 1. The SMILES string of the molecule is CN(C)CC1CCCN(c2nnc3ccc(O[C@@H]4CC[C@H](NC(=O)Nc5cc(C(C)(C)C)nn5C)c5ccccc54)cn23)C1.Cl. The fraction of sp³-hybridized carbons (Fsp3) is 0.515. The molecule has 0 spiro atoms. The molecule has 1 fully saturated rings. The van der Waals surface area contributed by atoms with Crippen LogP contribution in [0.4, 0.5) is 16.6 Å². The van der Waals surface area contributed by atoms with Crippen LogP contribution in [0.25, 0.3) is 5.65 Å². The third-order valence-corrected chi connectivity index (χ3v) is 8.69. The Morgan fingerprint density at radius 1 is 1.07 bits per heavy atom. The molecular weight excluding hydrogens is 590 g/mol. The molecule has 6 rings (SSSR count). The number of piperidine rings is 1. The molecule has 3 atom stereocenters. The van der Waals surface area contributed by atoms with E-state index in [-0.39, 0.29) is 36.0 Å². The molecule has 1 aromatic carbocycles. The fourth-order valence-corrected chi connectivity index (χ4v) is 6.51. The summed E-state index contributed by atoms with van der Waals surface area (Å²) in [5.74, 6) is 2.92. The van der Waals surface area contributed by atoms with Gasteiger partial charge in [0.1, 0.15) is 17.7 Å². The summed E-state index contributed by atoms with van der Waals surface area (Å²) in [7, 11) is 6.11. The van der Waals surface area contributed by atoms with Gasteiger partial charge >= 0.3 is 6.03 Å². The summed E-state index contributed by atoms with van der Waals surface area (Å²) in [6.07, 6.45) is 5.80. The minimum Gasteiger partial charge on any atom is -0.484 e. The number of nitrogens with zero attached hydrogens (tertiary/aromatic N) is 7. The number of nitrogens with one attached hydrogen (secondary N) is 2. The quantitative estimate of drug-likeness (QED) is 0.267. The minimum absolute atomic E-state index is 0. The number of hydrogen-bond acceptors (Lipinski definition) is 7. The summed E-state index contributed by atoms with van der Waals surface area (Å²) in [5, 5.41) is 19.8. The van der Waals surface area contributed by atoms with Gasteiger partial charge in [0.25, 0.3) is 0 Å². The number of aryl methyl sites for hydroxylation is 1. The first-order valence-electron chi connectivity index (χ1n) is 15.7. The Hall–Kier alpha value is -3.83. The molecule has 2 aliphatic rings. The van der Waals surface area contributed by atoms with Crippen molar-refractivity contribution in [3.05, 3.63) is 65.5 Å². The van der Waals surface area contributed by atoms with E-state index in [2.05, 4.69) is 87.1 Å². The Bertz CT molecular complexity index is 1630. The number of urea groups is 1. The molecule has 4 aromatic rings. The molecule has 0 bridgehead atoms. The van der Waals surface area contributed by atoms with E-state index in [0.717, 1.165) is 73.1 Å². The lowest BCUT2D eigenvalue weighted by atomic mass is 9.85. The van der Waals surface area contributed by atoms with Gasteiger partial charge in [0.2, 0.25) is 5.95 Å². The van der Waals surface area contributed by atoms with Crippen LogP contribution < -0.4 is 20.3 Å². The highest BCUT2D eigenvalue weighted by molar-refractivity contribution is 5.88. The lowest BCUT2D eigenvalue weighted by molar-refractivity contribution is 0.171. The maximum atomic E-state index is 13.1. The second-order valence-electron chi connectivity index (χ2n) is 13.6. The molecule has 0 saturated carbocycles. The molecule has 11 nitrogen and oxygen atoms in total. The van der Waals surface area contributed by atoms with E-state index in [4.69, 9.17) is 4.74 Å². The number of anilines is 2. The van der Waals surface area contributed by atoms with Crippen LogP contribution in [0.5, 0.6) is 5.75 Å². The van der Waals surface area contributed by atoms with Gasteiger partial charge in [-0.25, -0.2) is 4.79 Å². The normalized spacial score (nSPS) is 20.1. The maximum absolute atomic E-state index is 13.1. The average molecular weight is 636 g/mol. The molecule has 4 heterocycles. The monoisotopic (exact) mass is 635 g/mol. The van der Waals surface area contributed by atoms with Crippen LogP contribution in [0.3, 0.4) is 0 Å². The van der Waals surface area contributed by atoms with Gasteiger partial charge in [0.05, 0.1) is 17.9 Å². The van der Waals surface area contributed by atoms with E-state index in [1.807, 2.05) is 43.6 Å². The van der Waals surface area contributed by atoms with E-state index in [1.54, 1.807) is 4.68 Å². The van der Waals surface area contributed by atoms with Crippen molar-refractivity contribution < 1.29 is 9.53 Å². The predicted molar refractivity (Wildman–Crippen MR) is 180 cm³/mol. The molecule has 242 valence electrons. The molecule has 1 saturated heterocycles. The smallest absolute Gasteiger partial charge is 0.320 e. The lowest BCUT2D eigenvalue weighted by Crippen LogP contribution is -2.40. The van der Waals surface area contributed by atoms with E-state index < -0.39 is 0 Å². The number of rotatable bonds is 7. The number of carbonyl (C=O) groups is 1. The fourth-order valence-electron chi connectivity index (χ4n) is 6.51. The second-order valence-corrected chi connectivity index (χ2v) is 13.6. The summed E-state index contributed by atoms with van der Waals surface area (Å²) in [6, 6.07) is 13.7. The number of benzene rings is 1. The zero-order valence-electron chi connectivity index (χ0n) is 27.2. The third-order valence-electron chi connectivity index (χ3n) is 8.69. The van der Waals surface area contributed by atoms with Gasteiger partial charge < -0.3 is 19.9 Å². The van der Waals surface area contributed by atoms with Crippen LogP contribution in [0.2, 0.25) is 0 Å². The predicted octanol–water partition coefficient (Wildman–Crippen LogP) is 5.74. The number of aromatic nitrogens is 5. The number of pyridine rings is 1. The summed E-state index contributed by atoms with van der Waals surface area (Å²) >= 11 is 0. The topological polar surface area (TPSA) is 105 Å². The average Bonchev–Trinajstić information content (AvgIpc) is 3.57. The van der Waals surface area contributed by atoms with Gasteiger partial charge in [-0.2, -0.15) is 5.10 Å². The first-order chi connectivity index (χ1) is 21.0. The van der Waals surface area contributed by atoms with Gasteiger partial charge in [-0.3, -0.25) is 14.4 Å². The van der Waals surface area contributed by atoms with Crippen molar-refractivity contribution in [3.8, 4) is 5.75 Å². The van der Waals surface area contributed by atoms with Crippen molar-refractivity contribution in [1.29, 1.82) is 0 Å². The van der Waals surface area contributed by atoms with Gasteiger partial charge in [-0.15, -0.1) is 22.6 Å². The van der Waals surface area contributed by atoms with Gasteiger partial charge in [-0.05, 0) is 69.0 Å². The Balaban J connectivity index is 0.00000400. The molecule has 3 aromatic heterocycles. The molecule has 12 heteroatoms. The van der Waals surface area contributed by atoms with Crippen molar-refractivity contribution in [2.24, 2.45) is 13.0 Å². The lowest BCUT2D eigenvalue weighted by Gasteiger charge is -2.34. The summed E-state index contributed by atoms with van der Waals surface area (Å²) < 4.78 is 10.4. The van der Waals surface area contributed by atoms with Crippen LogP contribution in [-0.2, 0) is 12.5 Å². The number of halogens is 1. The molecule has 1 unspecified atom stereocenters. The summed E-state index contributed by atoms with van der Waals surface area (Å²) in [6.45, 7) is 9.34. The van der Waals surface area contributed by atoms with Crippen molar-refractivity contribution in [2.45, 2.75) is 64.0 Å². The van der Waals surface area contributed by atoms with Crippen LogP contribution in [0, 0.1) is 5.92 Å². The number of amides is 2. The largest absolute Gasteiger partial charge is 0.484 e. The van der Waals surface area contributed by atoms with E-state index in [1.165, 1.54) is 6.42 Å². The van der Waals surface area contributed by atoms with E-state index >= 15 is 0 Å². The molecule has 1 aliphatic carbocycles. The van der Waals surface area contributed by atoms with Crippen molar-refractivity contribution in [3.63, 3.8) is 0 Å². The van der Waals surface area contributed by atoms with Crippen LogP contribution in [-0.4, -0.2) is 69.0 Å². The van der Waals surface area contributed by atoms with Crippen molar-refractivity contribution in [1.82, 2.24) is 34.6 Å². The van der Waals surface area contributed by atoms with Gasteiger partial charge in [-0.1, -0.05) is 45.0 Å². The molecular formula is C33H46ClN9O2. The van der Waals surface area contributed by atoms with E-state index in [9.17, 15) is 4.79 Å². The Morgan fingerprint density at radius 2 is 1.84 bits per heavy atom.